The molecule has 3 saturated heterocycles. The van der Waals surface area contributed by atoms with E-state index in [9.17, 15) is 28.2 Å². The van der Waals surface area contributed by atoms with E-state index in [1.54, 1.807) is 66.7 Å². The van der Waals surface area contributed by atoms with Gasteiger partial charge in [0, 0.05) is 56.7 Å². The second-order valence-electron chi connectivity index (χ2n) is 14.7. The maximum absolute atomic E-state index is 14.0. The molecule has 0 aliphatic carbocycles. The summed E-state index contributed by atoms with van der Waals surface area (Å²) in [4.78, 5) is 62.9. The van der Waals surface area contributed by atoms with Crippen molar-refractivity contribution in [3.8, 4) is 0 Å². The van der Waals surface area contributed by atoms with Crippen LogP contribution < -0.4 is 5.32 Å². The summed E-state index contributed by atoms with van der Waals surface area (Å²) in [5.41, 5.74) is 2.26. The predicted molar refractivity (Wildman–Crippen MR) is 218 cm³/mol. The summed E-state index contributed by atoms with van der Waals surface area (Å²) in [6.07, 6.45) is -14.5. The number of benzene rings is 3. The van der Waals surface area contributed by atoms with E-state index in [0.29, 0.717) is 16.8 Å². The highest BCUT2D eigenvalue weighted by atomic mass is 35.5. The highest BCUT2D eigenvalue weighted by molar-refractivity contribution is 7.84. The van der Waals surface area contributed by atoms with Gasteiger partial charge in [-0.1, -0.05) is 78.3 Å². The Morgan fingerprint density at radius 3 is 1.92 bits per heavy atom. The van der Waals surface area contributed by atoms with Crippen molar-refractivity contribution >= 4 is 57.9 Å². The number of hydrogen-bond acceptors (Lipinski definition) is 16. The third-order valence-electron chi connectivity index (χ3n) is 9.72. The molecule has 2 unspecified atom stereocenters. The second-order valence-corrected chi connectivity index (χ2v) is 16.6. The molecule has 3 aromatic rings. The van der Waals surface area contributed by atoms with Crippen LogP contribution in [0.1, 0.15) is 57.6 Å². The Balaban J connectivity index is 1.36. The Morgan fingerprint density at radius 1 is 0.694 bits per heavy atom. The maximum atomic E-state index is 14.0. The highest BCUT2D eigenvalue weighted by Crippen LogP contribution is 2.39. The van der Waals surface area contributed by atoms with Gasteiger partial charge in [0.25, 0.3) is 0 Å². The second kappa shape index (κ2) is 21.5. The number of nitrogens with one attached hydrogen (secondary N) is 1. The SMILES string of the molecule is CC(=O)Nc1cc(CO[C@@H]2O[C@H](CS(=O)Cc3ccccc3)[C@@H](O[C@H]3O[C@@H]4COC(c5ccccc5)O[C@H]4[C@H](OC(C)=O)[C@H]3OC(C)=O)[C@H](OC(C)=O)[C@H]2OC(C)=O)ccc1Cl. The van der Waals surface area contributed by atoms with Gasteiger partial charge in [0.05, 0.1) is 29.7 Å². The number of amides is 1. The number of ether oxygens (including phenoxy) is 10. The van der Waals surface area contributed by atoms with Crippen LogP contribution >= 0.6 is 11.6 Å². The lowest BCUT2D eigenvalue weighted by Crippen LogP contribution is -2.67. The summed E-state index contributed by atoms with van der Waals surface area (Å²) >= 11 is 6.29. The van der Waals surface area contributed by atoms with Crippen LogP contribution in [0.15, 0.2) is 78.9 Å². The smallest absolute Gasteiger partial charge is 0.303 e. The van der Waals surface area contributed by atoms with E-state index in [2.05, 4.69) is 5.32 Å². The third-order valence-corrected chi connectivity index (χ3v) is 11.4. The van der Waals surface area contributed by atoms with E-state index in [4.69, 9.17) is 59.0 Å². The minimum absolute atomic E-state index is 0.0892. The Kier molecular flexibility index (Phi) is 16.2. The molecule has 62 heavy (non-hydrogen) atoms. The summed E-state index contributed by atoms with van der Waals surface area (Å²) in [6, 6.07) is 22.8. The molecule has 3 fully saturated rings. The molecule has 0 saturated carbocycles. The Morgan fingerprint density at radius 2 is 1.29 bits per heavy atom. The first-order valence-electron chi connectivity index (χ1n) is 19.7. The van der Waals surface area contributed by atoms with Crippen molar-refractivity contribution in [1.29, 1.82) is 0 Å². The highest BCUT2D eigenvalue weighted by Gasteiger charge is 2.58. The van der Waals surface area contributed by atoms with E-state index in [1.165, 1.54) is 13.8 Å². The number of carbonyl (C=O) groups excluding carboxylic acids is 5. The van der Waals surface area contributed by atoms with Gasteiger partial charge in [-0.25, -0.2) is 0 Å². The monoisotopic (exact) mass is 901 g/mol. The van der Waals surface area contributed by atoms with E-state index in [1.807, 2.05) is 12.1 Å². The van der Waals surface area contributed by atoms with Crippen LogP contribution in [0.5, 0.6) is 0 Å². The fourth-order valence-electron chi connectivity index (χ4n) is 7.32. The molecule has 0 spiro atoms. The molecule has 0 bridgehead atoms. The Hall–Kier alpha value is -4.79. The summed E-state index contributed by atoms with van der Waals surface area (Å²) < 4.78 is 75.2. The van der Waals surface area contributed by atoms with E-state index < -0.39 is 102 Å². The Bertz CT molecular complexity index is 2080. The average Bonchev–Trinajstić information content (AvgIpc) is 3.21. The zero-order valence-electron chi connectivity index (χ0n) is 34.5. The van der Waals surface area contributed by atoms with Crippen LogP contribution in [-0.4, -0.2) is 108 Å². The van der Waals surface area contributed by atoms with Gasteiger partial charge < -0.3 is 52.7 Å². The van der Waals surface area contributed by atoms with Crippen molar-refractivity contribution in [2.75, 3.05) is 17.7 Å². The van der Waals surface area contributed by atoms with Crippen molar-refractivity contribution in [3.05, 3.63) is 101 Å². The molecule has 0 aromatic heterocycles. The normalized spacial score (nSPS) is 28.6. The molecule has 334 valence electrons. The van der Waals surface area contributed by atoms with Crippen LogP contribution in [0, 0.1) is 0 Å². The molecule has 3 aromatic carbocycles. The van der Waals surface area contributed by atoms with Crippen LogP contribution in [-0.2, 0) is 94.5 Å². The minimum atomic E-state index is -1.67. The van der Waals surface area contributed by atoms with Gasteiger partial charge in [-0.15, -0.1) is 0 Å². The molecule has 1 N–H and O–H groups in total. The molecule has 1 amide bonds. The minimum Gasteiger partial charge on any atom is -0.455 e. The lowest BCUT2D eigenvalue weighted by molar-refractivity contribution is -0.384. The number of fused-ring (bicyclic) bond motifs is 1. The maximum Gasteiger partial charge on any atom is 0.303 e. The van der Waals surface area contributed by atoms with Gasteiger partial charge in [0.2, 0.25) is 5.91 Å². The lowest BCUT2D eigenvalue weighted by Gasteiger charge is -2.50. The largest absolute Gasteiger partial charge is 0.455 e. The fraction of sp³-hybridized carbons (Fsp3) is 0.465. The van der Waals surface area contributed by atoms with Gasteiger partial charge in [0.15, 0.2) is 43.3 Å². The molecule has 3 aliphatic heterocycles. The molecule has 12 atom stereocenters. The number of anilines is 1. The topological polar surface area (TPSA) is 207 Å². The zero-order valence-corrected chi connectivity index (χ0v) is 36.1. The van der Waals surface area contributed by atoms with E-state index in [0.717, 1.165) is 26.3 Å². The zero-order chi connectivity index (χ0) is 44.5. The number of esters is 4. The number of rotatable bonds is 15. The van der Waals surface area contributed by atoms with Crippen LogP contribution in [0.2, 0.25) is 5.02 Å². The van der Waals surface area contributed by atoms with Gasteiger partial charge in [-0.05, 0) is 23.3 Å². The van der Waals surface area contributed by atoms with E-state index in [-0.39, 0.29) is 35.6 Å². The number of hydrogen-bond donors (Lipinski definition) is 1. The van der Waals surface area contributed by atoms with Gasteiger partial charge in [-0.2, -0.15) is 0 Å². The molecular weight excluding hydrogens is 854 g/mol. The van der Waals surface area contributed by atoms with Crippen molar-refractivity contribution in [2.45, 2.75) is 115 Å². The summed E-state index contributed by atoms with van der Waals surface area (Å²) in [5, 5.41) is 2.91. The van der Waals surface area contributed by atoms with Crippen molar-refractivity contribution in [1.82, 2.24) is 0 Å². The molecule has 6 rings (SSSR count). The number of carbonyl (C=O) groups is 5. The van der Waals surface area contributed by atoms with E-state index >= 15 is 0 Å². The predicted octanol–water partition coefficient (Wildman–Crippen LogP) is 4.44. The molecule has 17 nitrogen and oxygen atoms in total. The van der Waals surface area contributed by atoms with Crippen molar-refractivity contribution in [2.24, 2.45) is 0 Å². The first-order chi connectivity index (χ1) is 29.6. The quantitative estimate of drug-likeness (QED) is 0.165. The third kappa shape index (κ3) is 12.4. The molecule has 3 heterocycles. The lowest BCUT2D eigenvalue weighted by atomic mass is 9.95. The molecule has 0 radical (unpaired) electrons. The standard InChI is InChI=1S/C43H48ClNO16S/c1-23(46)45-32-18-29(16-17-31(32)44)19-52-42-39(56-26(4)49)38(55-25(3)48)36(34(59-42)22-62(51)21-28-12-8-6-9-13-28)61-43-40(57-27(5)50)37(54-24(2)47)35-33(58-43)20-53-41(60-35)30-14-10-7-11-15-30/h6-18,33-43H,19-22H2,1-5H3,(H,45,46)/t33-,34-,35-,36-,37+,38+,39-,40-,41?,42-,43-,62?/m1/s1. The van der Waals surface area contributed by atoms with Gasteiger partial charge >= 0.3 is 23.9 Å². The first-order valence-corrected chi connectivity index (χ1v) is 21.6. The van der Waals surface area contributed by atoms with Crippen LogP contribution in [0.25, 0.3) is 0 Å². The molecular formula is C43H48ClNO16S. The van der Waals surface area contributed by atoms with Crippen molar-refractivity contribution < 1.29 is 75.6 Å². The van der Waals surface area contributed by atoms with Crippen LogP contribution in [0.4, 0.5) is 5.69 Å². The average molecular weight is 902 g/mol. The fourth-order valence-corrected chi connectivity index (χ4v) is 8.80. The summed E-state index contributed by atoms with van der Waals surface area (Å²) in [6.45, 7) is 5.63. The molecule has 3 aliphatic rings. The summed E-state index contributed by atoms with van der Waals surface area (Å²) in [5.74, 6) is -3.65. The number of halogens is 1. The van der Waals surface area contributed by atoms with Crippen molar-refractivity contribution in [3.63, 3.8) is 0 Å². The van der Waals surface area contributed by atoms with Gasteiger partial charge in [0.1, 0.15) is 24.4 Å². The first kappa shape index (κ1) is 46.7. The van der Waals surface area contributed by atoms with Gasteiger partial charge in [-0.3, -0.25) is 28.2 Å². The molecule has 19 heteroatoms. The summed E-state index contributed by atoms with van der Waals surface area (Å²) in [7, 11) is -1.67. The van der Waals surface area contributed by atoms with Crippen LogP contribution in [0.3, 0.4) is 0 Å². The Labute approximate surface area is 365 Å².